The Balaban J connectivity index is 2.42. The number of fused-ring (bicyclic) bond motifs is 2. The number of benzene rings is 1. The van der Waals surface area contributed by atoms with Gasteiger partial charge in [0, 0.05) is 23.3 Å². The molecule has 0 radical (unpaired) electrons. The first-order chi connectivity index (χ1) is 8.72. The van der Waals surface area contributed by atoms with Crippen LogP contribution in [0.3, 0.4) is 0 Å². The van der Waals surface area contributed by atoms with E-state index in [2.05, 4.69) is 17.2 Å². The van der Waals surface area contributed by atoms with Crippen LogP contribution in [0.1, 0.15) is 30.2 Å². The average molecular weight is 244 g/mol. The van der Waals surface area contributed by atoms with Crippen molar-refractivity contribution in [2.75, 3.05) is 11.9 Å². The number of rotatable bonds is 2. The molecule has 2 aromatic rings. The Hall–Kier alpha value is -1.64. The third kappa shape index (κ3) is 1.57. The largest absolute Gasteiger partial charge is 0.384 e. The Labute approximate surface area is 106 Å². The molecule has 0 fully saturated rings. The molecule has 1 aliphatic rings. The molecule has 3 rings (SSSR count). The van der Waals surface area contributed by atoms with Gasteiger partial charge in [-0.3, -0.25) is 0 Å². The summed E-state index contributed by atoms with van der Waals surface area (Å²) in [6.45, 7) is 4.94. The van der Waals surface area contributed by atoms with Crippen LogP contribution in [0.5, 0.6) is 0 Å². The molecule has 18 heavy (non-hydrogen) atoms. The first kappa shape index (κ1) is 11.5. The summed E-state index contributed by atoms with van der Waals surface area (Å²) in [5.41, 5.74) is 5.07. The molecule has 0 amide bonds. The Morgan fingerprint density at radius 2 is 2.17 bits per heavy atom. The molecule has 94 valence electrons. The van der Waals surface area contributed by atoms with E-state index >= 15 is 0 Å². The van der Waals surface area contributed by atoms with Crippen molar-refractivity contribution >= 4 is 16.6 Å². The second-order valence-electron chi connectivity index (χ2n) is 4.88. The molecular weight excluding hydrogens is 227 g/mol. The number of nitrogens with one attached hydrogen (secondary N) is 1. The summed E-state index contributed by atoms with van der Waals surface area (Å²) < 4.78 is 14.0. The van der Waals surface area contributed by atoms with E-state index in [9.17, 15) is 4.39 Å². The van der Waals surface area contributed by atoms with Crippen LogP contribution < -0.4 is 5.32 Å². The predicted octanol–water partition coefficient (Wildman–Crippen LogP) is 3.60. The van der Waals surface area contributed by atoms with Gasteiger partial charge in [-0.05, 0) is 50.3 Å². The summed E-state index contributed by atoms with van der Waals surface area (Å²) in [7, 11) is 0. The summed E-state index contributed by atoms with van der Waals surface area (Å²) >= 11 is 0. The zero-order valence-electron chi connectivity index (χ0n) is 10.8. The zero-order chi connectivity index (χ0) is 12.7. The van der Waals surface area contributed by atoms with Crippen molar-refractivity contribution in [3.05, 3.63) is 34.8 Å². The molecule has 0 saturated carbocycles. The molecule has 1 aliphatic carbocycles. The monoisotopic (exact) mass is 244 g/mol. The van der Waals surface area contributed by atoms with Gasteiger partial charge in [-0.25, -0.2) is 9.37 Å². The Bertz CT molecular complexity index is 620. The highest BCUT2D eigenvalue weighted by Crippen LogP contribution is 2.36. The number of anilines is 1. The van der Waals surface area contributed by atoms with Crippen LogP contribution in [-0.4, -0.2) is 11.5 Å². The summed E-state index contributed by atoms with van der Waals surface area (Å²) in [4.78, 5) is 4.54. The number of nitrogens with zero attached hydrogens (tertiary/aromatic N) is 1. The second kappa shape index (κ2) is 4.23. The van der Waals surface area contributed by atoms with Gasteiger partial charge in [-0.1, -0.05) is 6.07 Å². The first-order valence-corrected chi connectivity index (χ1v) is 6.56. The molecule has 3 heteroatoms. The van der Waals surface area contributed by atoms with Crippen molar-refractivity contribution < 1.29 is 4.39 Å². The Morgan fingerprint density at radius 1 is 1.33 bits per heavy atom. The van der Waals surface area contributed by atoms with Crippen molar-refractivity contribution in [1.29, 1.82) is 0 Å². The third-order valence-corrected chi connectivity index (χ3v) is 3.68. The van der Waals surface area contributed by atoms with E-state index in [0.29, 0.717) is 5.52 Å². The van der Waals surface area contributed by atoms with E-state index in [1.54, 1.807) is 0 Å². The lowest BCUT2D eigenvalue weighted by Crippen LogP contribution is -2.05. The highest BCUT2D eigenvalue weighted by molar-refractivity contribution is 5.96. The number of hydrogen-bond acceptors (Lipinski definition) is 2. The van der Waals surface area contributed by atoms with E-state index < -0.39 is 0 Å². The standard InChI is InChI=1S/C15H17FN2/c1-3-17-14-10-5-4-6-12(10)18-15-11(16)8-7-9(2)13(14)15/h7-8H,3-6H2,1-2H3,(H,17,18). The van der Waals surface area contributed by atoms with Gasteiger partial charge in [-0.15, -0.1) is 0 Å². The molecule has 0 bridgehead atoms. The molecule has 1 heterocycles. The fraction of sp³-hybridized carbons (Fsp3) is 0.400. The summed E-state index contributed by atoms with van der Waals surface area (Å²) in [6.07, 6.45) is 3.14. The molecule has 1 N–H and O–H groups in total. The molecule has 0 saturated heterocycles. The van der Waals surface area contributed by atoms with Gasteiger partial charge in [0.25, 0.3) is 0 Å². The van der Waals surface area contributed by atoms with Crippen LogP contribution in [0, 0.1) is 12.7 Å². The van der Waals surface area contributed by atoms with E-state index in [-0.39, 0.29) is 5.82 Å². The van der Waals surface area contributed by atoms with Crippen LogP contribution in [0.15, 0.2) is 12.1 Å². The van der Waals surface area contributed by atoms with E-state index in [4.69, 9.17) is 0 Å². The average Bonchev–Trinajstić information content (AvgIpc) is 2.82. The lowest BCUT2D eigenvalue weighted by Gasteiger charge is -2.15. The molecule has 1 aromatic heterocycles. The van der Waals surface area contributed by atoms with Gasteiger partial charge in [0.1, 0.15) is 11.3 Å². The van der Waals surface area contributed by atoms with E-state index in [0.717, 1.165) is 48.1 Å². The summed E-state index contributed by atoms with van der Waals surface area (Å²) in [6, 6.07) is 3.35. The third-order valence-electron chi connectivity index (χ3n) is 3.68. The maximum atomic E-state index is 14.0. The van der Waals surface area contributed by atoms with Gasteiger partial charge >= 0.3 is 0 Å². The lowest BCUT2D eigenvalue weighted by atomic mass is 10.0. The highest BCUT2D eigenvalue weighted by atomic mass is 19.1. The van der Waals surface area contributed by atoms with Crippen molar-refractivity contribution in [2.45, 2.75) is 33.1 Å². The van der Waals surface area contributed by atoms with Gasteiger partial charge in [0.15, 0.2) is 0 Å². The number of aryl methyl sites for hydroxylation is 2. The smallest absolute Gasteiger partial charge is 0.149 e. The van der Waals surface area contributed by atoms with Gasteiger partial charge in [-0.2, -0.15) is 0 Å². The lowest BCUT2D eigenvalue weighted by molar-refractivity contribution is 0.636. The van der Waals surface area contributed by atoms with Crippen LogP contribution in [0.25, 0.3) is 10.9 Å². The second-order valence-corrected chi connectivity index (χ2v) is 4.88. The zero-order valence-corrected chi connectivity index (χ0v) is 10.8. The van der Waals surface area contributed by atoms with E-state index in [1.807, 2.05) is 13.0 Å². The van der Waals surface area contributed by atoms with Crippen molar-refractivity contribution in [3.8, 4) is 0 Å². The quantitative estimate of drug-likeness (QED) is 0.873. The van der Waals surface area contributed by atoms with Gasteiger partial charge in [0.2, 0.25) is 0 Å². The Kier molecular flexibility index (Phi) is 2.69. The van der Waals surface area contributed by atoms with Crippen LogP contribution in [0.4, 0.5) is 10.1 Å². The normalized spacial score (nSPS) is 13.9. The molecule has 1 aromatic carbocycles. The highest BCUT2D eigenvalue weighted by Gasteiger charge is 2.21. The van der Waals surface area contributed by atoms with Crippen LogP contribution in [-0.2, 0) is 12.8 Å². The number of hydrogen-bond donors (Lipinski definition) is 1. The molecule has 0 aliphatic heterocycles. The molecule has 0 atom stereocenters. The minimum Gasteiger partial charge on any atom is -0.384 e. The molecule has 2 nitrogen and oxygen atoms in total. The minimum absolute atomic E-state index is 0.218. The fourth-order valence-corrected chi connectivity index (χ4v) is 2.87. The molecule has 0 unspecified atom stereocenters. The first-order valence-electron chi connectivity index (χ1n) is 6.56. The van der Waals surface area contributed by atoms with Crippen molar-refractivity contribution in [2.24, 2.45) is 0 Å². The van der Waals surface area contributed by atoms with Gasteiger partial charge < -0.3 is 5.32 Å². The van der Waals surface area contributed by atoms with Crippen molar-refractivity contribution in [1.82, 2.24) is 4.98 Å². The maximum absolute atomic E-state index is 14.0. The summed E-state index contributed by atoms with van der Waals surface area (Å²) in [5.74, 6) is -0.218. The van der Waals surface area contributed by atoms with Crippen molar-refractivity contribution in [3.63, 3.8) is 0 Å². The van der Waals surface area contributed by atoms with Gasteiger partial charge in [0.05, 0.1) is 0 Å². The maximum Gasteiger partial charge on any atom is 0.149 e. The SMILES string of the molecule is CCNc1c2c(nc3c(F)ccc(C)c13)CCC2. The number of aromatic nitrogens is 1. The number of pyridine rings is 1. The summed E-state index contributed by atoms with van der Waals surface area (Å²) in [5, 5.41) is 4.37. The fourth-order valence-electron chi connectivity index (χ4n) is 2.87. The van der Waals surface area contributed by atoms with Crippen LogP contribution in [0.2, 0.25) is 0 Å². The number of halogens is 1. The minimum atomic E-state index is -0.218. The Morgan fingerprint density at radius 3 is 2.94 bits per heavy atom. The topological polar surface area (TPSA) is 24.9 Å². The molecule has 0 spiro atoms. The van der Waals surface area contributed by atoms with Crippen LogP contribution >= 0.6 is 0 Å². The predicted molar refractivity (Wildman–Crippen MR) is 72.6 cm³/mol. The molecular formula is C15H17FN2. The van der Waals surface area contributed by atoms with E-state index in [1.165, 1.54) is 11.6 Å².